The Morgan fingerprint density at radius 3 is 2.53 bits per heavy atom. The third-order valence-corrected chi connectivity index (χ3v) is 2.38. The second-order valence-corrected chi connectivity index (χ2v) is 3.58. The lowest BCUT2D eigenvalue weighted by atomic mass is 10.3. The van der Waals surface area contributed by atoms with E-state index in [0.29, 0.717) is 10.6 Å². The molecule has 5 heteroatoms. The number of halogens is 1. The average molecular weight is 224 g/mol. The highest BCUT2D eigenvalue weighted by molar-refractivity contribution is 6.30. The zero-order valence-corrected chi connectivity index (χ0v) is 8.66. The predicted octanol–water partition coefficient (Wildman–Crippen LogP) is 1.28. The molecule has 0 spiro atoms. The maximum absolute atomic E-state index is 11.3. The van der Waals surface area contributed by atoms with Gasteiger partial charge in [0.15, 0.2) is 0 Å². The molecule has 0 saturated carbocycles. The summed E-state index contributed by atoms with van der Waals surface area (Å²) in [6.45, 7) is 0.232. The van der Waals surface area contributed by atoms with Crippen molar-refractivity contribution in [3.63, 3.8) is 0 Å². The van der Waals surface area contributed by atoms with E-state index < -0.39 is 0 Å². The smallest absolute Gasteiger partial charge is 0.268 e. The van der Waals surface area contributed by atoms with Crippen LogP contribution in [0.1, 0.15) is 5.56 Å². The summed E-state index contributed by atoms with van der Waals surface area (Å²) in [5.41, 5.74) is 6.66. The molecule has 0 fully saturated rings. The van der Waals surface area contributed by atoms with Gasteiger partial charge >= 0.3 is 0 Å². The lowest BCUT2D eigenvalue weighted by molar-refractivity contribution is 0.864. The van der Waals surface area contributed by atoms with Crippen molar-refractivity contribution >= 4 is 11.6 Å². The Kier molecular flexibility index (Phi) is 2.62. The molecule has 1 aromatic carbocycles. The molecular weight excluding hydrogens is 214 g/mol. The molecule has 0 saturated heterocycles. The molecule has 0 bridgehead atoms. The van der Waals surface area contributed by atoms with Crippen molar-refractivity contribution in [1.29, 1.82) is 0 Å². The number of aromatic nitrogens is 2. The molecule has 0 radical (unpaired) electrons. The fourth-order valence-corrected chi connectivity index (χ4v) is 1.44. The maximum Gasteiger partial charge on any atom is 0.268 e. The van der Waals surface area contributed by atoms with E-state index in [0.717, 1.165) is 5.69 Å². The molecule has 78 valence electrons. The number of rotatable bonds is 2. The molecular formula is C10H10ClN3O. The Bertz CT molecular complexity index is 512. The molecule has 4 nitrogen and oxygen atoms in total. The van der Waals surface area contributed by atoms with E-state index in [4.69, 9.17) is 17.3 Å². The van der Waals surface area contributed by atoms with Gasteiger partial charge in [-0.05, 0) is 24.3 Å². The zero-order valence-electron chi connectivity index (χ0n) is 7.90. The minimum absolute atomic E-state index is 0.160. The summed E-state index contributed by atoms with van der Waals surface area (Å²) in [7, 11) is 0. The van der Waals surface area contributed by atoms with E-state index in [1.165, 1.54) is 0 Å². The summed E-state index contributed by atoms with van der Waals surface area (Å²) < 4.78 is 1.63. The van der Waals surface area contributed by atoms with Crippen LogP contribution in [0.2, 0.25) is 5.02 Å². The lowest BCUT2D eigenvalue weighted by Crippen LogP contribution is -2.10. The Balaban J connectivity index is 2.45. The van der Waals surface area contributed by atoms with Gasteiger partial charge in [0.05, 0.1) is 11.3 Å². The Morgan fingerprint density at radius 2 is 2.00 bits per heavy atom. The molecule has 1 aromatic heterocycles. The fourth-order valence-electron chi connectivity index (χ4n) is 1.31. The molecule has 0 atom stereocenters. The van der Waals surface area contributed by atoms with E-state index >= 15 is 0 Å². The van der Waals surface area contributed by atoms with Crippen molar-refractivity contribution < 1.29 is 0 Å². The first kappa shape index (κ1) is 10.0. The van der Waals surface area contributed by atoms with Crippen molar-refractivity contribution in [1.82, 2.24) is 9.78 Å². The molecule has 15 heavy (non-hydrogen) atoms. The molecule has 0 aliphatic carbocycles. The van der Waals surface area contributed by atoms with Crippen LogP contribution in [-0.4, -0.2) is 9.78 Å². The van der Waals surface area contributed by atoms with Crippen molar-refractivity contribution in [3.05, 3.63) is 51.4 Å². The lowest BCUT2D eigenvalue weighted by Gasteiger charge is -2.00. The first-order valence-corrected chi connectivity index (χ1v) is 4.85. The van der Waals surface area contributed by atoms with Gasteiger partial charge in [0.25, 0.3) is 5.56 Å². The largest absolute Gasteiger partial charge is 0.326 e. The standard InChI is InChI=1S/C10H10ClN3O/c11-8-1-3-9(4-2-8)14-6-7(5-12)10(15)13-14/h1-4,6H,5,12H2,(H,13,15). The van der Waals surface area contributed by atoms with Gasteiger partial charge < -0.3 is 5.73 Å². The third kappa shape index (κ3) is 1.95. The second-order valence-electron chi connectivity index (χ2n) is 3.15. The van der Waals surface area contributed by atoms with Gasteiger partial charge in [0.1, 0.15) is 0 Å². The molecule has 0 unspecified atom stereocenters. The van der Waals surface area contributed by atoms with Gasteiger partial charge in [-0.15, -0.1) is 0 Å². The number of nitrogens with zero attached hydrogens (tertiary/aromatic N) is 1. The number of aromatic amines is 1. The van der Waals surface area contributed by atoms with Gasteiger partial charge in [-0.2, -0.15) is 0 Å². The van der Waals surface area contributed by atoms with Gasteiger partial charge in [0.2, 0.25) is 0 Å². The predicted molar refractivity (Wildman–Crippen MR) is 59.3 cm³/mol. The van der Waals surface area contributed by atoms with E-state index in [1.54, 1.807) is 23.0 Å². The minimum atomic E-state index is -0.160. The number of hydrogen-bond acceptors (Lipinski definition) is 2. The quantitative estimate of drug-likeness (QED) is 0.806. The first-order valence-electron chi connectivity index (χ1n) is 4.47. The van der Waals surface area contributed by atoms with Gasteiger partial charge in [-0.1, -0.05) is 11.6 Å². The van der Waals surface area contributed by atoms with Crippen LogP contribution >= 0.6 is 11.6 Å². The minimum Gasteiger partial charge on any atom is -0.326 e. The molecule has 1 heterocycles. The summed E-state index contributed by atoms with van der Waals surface area (Å²) in [4.78, 5) is 11.3. The van der Waals surface area contributed by atoms with Crippen molar-refractivity contribution in [3.8, 4) is 5.69 Å². The summed E-state index contributed by atoms with van der Waals surface area (Å²) in [5.74, 6) is 0. The Labute approximate surface area is 91.3 Å². The summed E-state index contributed by atoms with van der Waals surface area (Å²) in [5, 5.41) is 3.33. The third-order valence-electron chi connectivity index (χ3n) is 2.12. The highest BCUT2D eigenvalue weighted by Gasteiger charge is 2.02. The monoisotopic (exact) mass is 223 g/mol. The molecule has 0 aliphatic rings. The van der Waals surface area contributed by atoms with E-state index in [2.05, 4.69) is 5.10 Å². The van der Waals surface area contributed by atoms with Crippen LogP contribution in [-0.2, 0) is 6.54 Å². The van der Waals surface area contributed by atoms with Gasteiger partial charge in [-0.25, -0.2) is 0 Å². The van der Waals surface area contributed by atoms with Crippen molar-refractivity contribution in [2.45, 2.75) is 6.54 Å². The van der Waals surface area contributed by atoms with Gasteiger partial charge in [0, 0.05) is 17.8 Å². The normalized spacial score (nSPS) is 10.5. The molecule has 2 aromatic rings. The number of nitrogens with two attached hydrogens (primary N) is 1. The van der Waals surface area contributed by atoms with Crippen LogP contribution < -0.4 is 11.3 Å². The van der Waals surface area contributed by atoms with Crippen LogP contribution in [0.3, 0.4) is 0 Å². The maximum atomic E-state index is 11.3. The average Bonchev–Trinajstić information content (AvgIpc) is 2.61. The highest BCUT2D eigenvalue weighted by Crippen LogP contribution is 2.12. The first-order chi connectivity index (χ1) is 7.20. The van der Waals surface area contributed by atoms with Gasteiger partial charge in [-0.3, -0.25) is 14.6 Å². The van der Waals surface area contributed by atoms with Crippen LogP contribution in [0.25, 0.3) is 5.69 Å². The van der Waals surface area contributed by atoms with Crippen LogP contribution in [0.4, 0.5) is 0 Å². The number of hydrogen-bond donors (Lipinski definition) is 2. The van der Waals surface area contributed by atoms with E-state index in [-0.39, 0.29) is 12.1 Å². The highest BCUT2D eigenvalue weighted by atomic mass is 35.5. The molecule has 0 aliphatic heterocycles. The van der Waals surface area contributed by atoms with Crippen LogP contribution in [0, 0.1) is 0 Å². The summed E-state index contributed by atoms with van der Waals surface area (Å²) in [6.07, 6.45) is 1.69. The number of H-pyrrole nitrogens is 1. The summed E-state index contributed by atoms with van der Waals surface area (Å²) in [6, 6.07) is 7.16. The van der Waals surface area contributed by atoms with Crippen molar-refractivity contribution in [2.24, 2.45) is 5.73 Å². The van der Waals surface area contributed by atoms with E-state index in [1.807, 2.05) is 12.1 Å². The van der Waals surface area contributed by atoms with E-state index in [9.17, 15) is 4.79 Å². The molecule has 2 rings (SSSR count). The number of nitrogens with one attached hydrogen (secondary N) is 1. The zero-order chi connectivity index (χ0) is 10.8. The van der Waals surface area contributed by atoms with Crippen LogP contribution in [0.5, 0.6) is 0 Å². The SMILES string of the molecule is NCc1cn(-c2ccc(Cl)cc2)[nH]c1=O. The summed E-state index contributed by atoms with van der Waals surface area (Å²) >= 11 is 5.76. The topological polar surface area (TPSA) is 63.8 Å². The Morgan fingerprint density at radius 1 is 1.33 bits per heavy atom. The molecule has 0 amide bonds. The number of benzene rings is 1. The Hall–Kier alpha value is -1.52. The van der Waals surface area contributed by atoms with Crippen LogP contribution in [0.15, 0.2) is 35.3 Å². The van der Waals surface area contributed by atoms with Crippen molar-refractivity contribution in [2.75, 3.05) is 0 Å². The second kappa shape index (κ2) is 3.92. The molecule has 3 N–H and O–H groups in total. The fraction of sp³-hybridized carbons (Fsp3) is 0.100.